The van der Waals surface area contributed by atoms with Gasteiger partial charge in [-0.15, -0.1) is 0 Å². The van der Waals surface area contributed by atoms with Gasteiger partial charge in [0.05, 0.1) is 0 Å². The molecular formula is C14H16FN3O. The van der Waals surface area contributed by atoms with Gasteiger partial charge in [0, 0.05) is 18.4 Å². The summed E-state index contributed by atoms with van der Waals surface area (Å²) in [5.41, 5.74) is 0.357. The van der Waals surface area contributed by atoms with Crippen molar-refractivity contribution in [3.8, 4) is 0 Å². The molecule has 0 fully saturated rings. The average molecular weight is 261 g/mol. The molecule has 0 aliphatic heterocycles. The molecule has 0 unspecified atom stereocenters. The number of nitrogens with zero attached hydrogens (tertiary/aromatic N) is 3. The fourth-order valence-corrected chi connectivity index (χ4v) is 1.85. The molecule has 0 saturated carbocycles. The van der Waals surface area contributed by atoms with Crippen LogP contribution in [0.15, 0.2) is 24.3 Å². The van der Waals surface area contributed by atoms with Crippen LogP contribution >= 0.6 is 0 Å². The van der Waals surface area contributed by atoms with Gasteiger partial charge in [0.25, 0.3) is 0 Å². The SMILES string of the molecule is CCc1nc(CC)n(CC(=O)c2cccc(F)c2)n1. The van der Waals surface area contributed by atoms with Gasteiger partial charge in [-0.2, -0.15) is 5.10 Å². The summed E-state index contributed by atoms with van der Waals surface area (Å²) in [5.74, 6) is 0.932. The summed E-state index contributed by atoms with van der Waals surface area (Å²) in [6, 6.07) is 5.70. The molecule has 0 aliphatic rings. The second kappa shape index (κ2) is 5.73. The monoisotopic (exact) mass is 261 g/mol. The highest BCUT2D eigenvalue weighted by atomic mass is 19.1. The summed E-state index contributed by atoms with van der Waals surface area (Å²) >= 11 is 0. The van der Waals surface area contributed by atoms with Crippen LogP contribution in [0.4, 0.5) is 4.39 Å². The number of hydrogen-bond acceptors (Lipinski definition) is 3. The normalized spacial score (nSPS) is 10.7. The Balaban J connectivity index is 2.21. The first kappa shape index (κ1) is 13.4. The third-order valence-corrected chi connectivity index (χ3v) is 2.86. The Morgan fingerprint density at radius 2 is 2.11 bits per heavy atom. The van der Waals surface area contributed by atoms with Crippen molar-refractivity contribution in [2.24, 2.45) is 0 Å². The smallest absolute Gasteiger partial charge is 0.184 e. The van der Waals surface area contributed by atoms with Gasteiger partial charge in [0.15, 0.2) is 11.6 Å². The molecule has 0 radical (unpaired) electrons. The molecule has 4 nitrogen and oxygen atoms in total. The maximum atomic E-state index is 13.1. The molecule has 0 spiro atoms. The van der Waals surface area contributed by atoms with E-state index in [-0.39, 0.29) is 12.3 Å². The van der Waals surface area contributed by atoms with Crippen LogP contribution in [0, 0.1) is 5.82 Å². The average Bonchev–Trinajstić information content (AvgIpc) is 2.81. The standard InChI is InChI=1S/C14H16FN3O/c1-3-13-16-14(4-2)18(17-13)9-12(19)10-6-5-7-11(15)8-10/h5-8H,3-4,9H2,1-2H3. The first-order chi connectivity index (χ1) is 9.13. The molecule has 0 N–H and O–H groups in total. The quantitative estimate of drug-likeness (QED) is 0.777. The van der Waals surface area contributed by atoms with Crippen molar-refractivity contribution < 1.29 is 9.18 Å². The number of hydrogen-bond donors (Lipinski definition) is 0. The predicted octanol–water partition coefficient (Wildman–Crippen LogP) is 2.42. The molecule has 1 aromatic carbocycles. The molecule has 0 saturated heterocycles. The minimum absolute atomic E-state index is 0.0969. The maximum absolute atomic E-state index is 13.1. The number of carbonyl (C=O) groups is 1. The van der Waals surface area contributed by atoms with Gasteiger partial charge in [-0.05, 0) is 12.1 Å². The summed E-state index contributed by atoms with van der Waals surface area (Å²) in [6.45, 7) is 4.03. The van der Waals surface area contributed by atoms with Crippen LogP contribution in [0.3, 0.4) is 0 Å². The Bertz CT molecular complexity index is 592. The Labute approximate surface area is 111 Å². The topological polar surface area (TPSA) is 47.8 Å². The molecule has 2 rings (SSSR count). The van der Waals surface area contributed by atoms with E-state index in [2.05, 4.69) is 10.1 Å². The lowest BCUT2D eigenvalue weighted by molar-refractivity contribution is 0.0966. The molecule has 19 heavy (non-hydrogen) atoms. The summed E-state index contributed by atoms with van der Waals surface area (Å²) in [4.78, 5) is 16.4. The number of Topliss-reactive ketones (excluding diaryl/α,β-unsaturated/α-hetero) is 1. The number of rotatable bonds is 5. The minimum atomic E-state index is -0.408. The van der Waals surface area contributed by atoms with Gasteiger partial charge in [0.2, 0.25) is 0 Å². The van der Waals surface area contributed by atoms with Gasteiger partial charge >= 0.3 is 0 Å². The predicted molar refractivity (Wildman–Crippen MR) is 69.5 cm³/mol. The van der Waals surface area contributed by atoms with Crippen molar-refractivity contribution in [3.05, 3.63) is 47.3 Å². The van der Waals surface area contributed by atoms with E-state index in [1.54, 1.807) is 10.7 Å². The number of ketones is 1. The van der Waals surface area contributed by atoms with E-state index in [9.17, 15) is 9.18 Å². The fourth-order valence-electron chi connectivity index (χ4n) is 1.85. The molecule has 0 atom stereocenters. The summed E-state index contributed by atoms with van der Waals surface area (Å²) < 4.78 is 14.7. The summed E-state index contributed by atoms with van der Waals surface area (Å²) in [7, 11) is 0. The van der Waals surface area contributed by atoms with Crippen LogP contribution in [0.25, 0.3) is 0 Å². The van der Waals surface area contributed by atoms with Gasteiger partial charge in [0.1, 0.15) is 18.2 Å². The Kier molecular flexibility index (Phi) is 4.04. The second-order valence-corrected chi connectivity index (χ2v) is 4.24. The third kappa shape index (κ3) is 3.05. The number of aromatic nitrogens is 3. The van der Waals surface area contributed by atoms with Gasteiger partial charge in [-0.25, -0.2) is 14.1 Å². The number of benzene rings is 1. The summed E-state index contributed by atoms with van der Waals surface area (Å²) in [6.07, 6.45) is 1.44. The van der Waals surface area contributed by atoms with Crippen molar-refractivity contribution in [2.45, 2.75) is 33.2 Å². The zero-order valence-electron chi connectivity index (χ0n) is 11.1. The molecule has 100 valence electrons. The molecule has 1 heterocycles. The molecule has 5 heteroatoms. The maximum Gasteiger partial charge on any atom is 0.184 e. The van der Waals surface area contributed by atoms with Crippen molar-refractivity contribution in [1.82, 2.24) is 14.8 Å². The molecule has 2 aromatic rings. The highest BCUT2D eigenvalue weighted by Crippen LogP contribution is 2.08. The van der Waals surface area contributed by atoms with E-state index in [0.717, 1.165) is 18.1 Å². The number of halogens is 1. The van der Waals surface area contributed by atoms with Crippen LogP contribution in [0.1, 0.15) is 35.9 Å². The first-order valence-corrected chi connectivity index (χ1v) is 6.35. The highest BCUT2D eigenvalue weighted by Gasteiger charge is 2.13. The van der Waals surface area contributed by atoms with E-state index in [4.69, 9.17) is 0 Å². The van der Waals surface area contributed by atoms with Crippen LogP contribution < -0.4 is 0 Å². The van der Waals surface area contributed by atoms with E-state index in [1.165, 1.54) is 18.2 Å². The van der Waals surface area contributed by atoms with E-state index >= 15 is 0 Å². The zero-order chi connectivity index (χ0) is 13.8. The van der Waals surface area contributed by atoms with E-state index < -0.39 is 5.82 Å². The second-order valence-electron chi connectivity index (χ2n) is 4.24. The third-order valence-electron chi connectivity index (χ3n) is 2.86. The Hall–Kier alpha value is -2.04. The number of carbonyl (C=O) groups excluding carboxylic acids is 1. The van der Waals surface area contributed by atoms with Crippen molar-refractivity contribution in [3.63, 3.8) is 0 Å². The molecule has 0 amide bonds. The van der Waals surface area contributed by atoms with Gasteiger partial charge < -0.3 is 0 Å². The van der Waals surface area contributed by atoms with Gasteiger partial charge in [-0.1, -0.05) is 26.0 Å². The highest BCUT2D eigenvalue weighted by molar-refractivity contribution is 5.95. The molecule has 0 aliphatic carbocycles. The lowest BCUT2D eigenvalue weighted by Gasteiger charge is -2.04. The lowest BCUT2D eigenvalue weighted by Crippen LogP contribution is -2.14. The lowest BCUT2D eigenvalue weighted by atomic mass is 10.1. The van der Waals surface area contributed by atoms with Crippen LogP contribution in [-0.4, -0.2) is 20.5 Å². The van der Waals surface area contributed by atoms with E-state index in [1.807, 2.05) is 13.8 Å². The Morgan fingerprint density at radius 3 is 2.74 bits per heavy atom. The van der Waals surface area contributed by atoms with Crippen molar-refractivity contribution in [1.29, 1.82) is 0 Å². The van der Waals surface area contributed by atoms with Crippen molar-refractivity contribution >= 4 is 5.78 Å². The minimum Gasteiger partial charge on any atom is -0.292 e. The largest absolute Gasteiger partial charge is 0.292 e. The van der Waals surface area contributed by atoms with Crippen LogP contribution in [-0.2, 0) is 19.4 Å². The molecule has 1 aromatic heterocycles. The number of aryl methyl sites for hydroxylation is 2. The molecule has 0 bridgehead atoms. The fraction of sp³-hybridized carbons (Fsp3) is 0.357. The van der Waals surface area contributed by atoms with Crippen LogP contribution in [0.2, 0.25) is 0 Å². The van der Waals surface area contributed by atoms with Gasteiger partial charge in [-0.3, -0.25) is 4.79 Å². The van der Waals surface area contributed by atoms with E-state index in [0.29, 0.717) is 12.0 Å². The zero-order valence-corrected chi connectivity index (χ0v) is 11.1. The first-order valence-electron chi connectivity index (χ1n) is 6.35. The molecular weight excluding hydrogens is 245 g/mol. The summed E-state index contributed by atoms with van der Waals surface area (Å²) in [5, 5.41) is 4.28. The van der Waals surface area contributed by atoms with Crippen molar-refractivity contribution in [2.75, 3.05) is 0 Å². The Morgan fingerprint density at radius 1 is 1.32 bits per heavy atom. The van der Waals surface area contributed by atoms with Crippen LogP contribution in [0.5, 0.6) is 0 Å².